The van der Waals surface area contributed by atoms with Crippen LogP contribution < -0.4 is 16.0 Å². The Labute approximate surface area is 286 Å². The minimum atomic E-state index is -3.82. The Hall–Kier alpha value is -4.87. The summed E-state index contributed by atoms with van der Waals surface area (Å²) in [5.74, 6) is -2.21. The lowest BCUT2D eigenvalue weighted by molar-refractivity contribution is -0.164. The monoisotopic (exact) mass is 713 g/mol. The van der Waals surface area contributed by atoms with Crippen molar-refractivity contribution in [3.63, 3.8) is 0 Å². The number of aromatic nitrogens is 1. The number of ether oxygens (including phenoxy) is 2. The average Bonchev–Trinajstić information content (AvgIpc) is 3.70. The number of thiazole rings is 1. The van der Waals surface area contributed by atoms with Crippen LogP contribution in [0.5, 0.6) is 0 Å². The van der Waals surface area contributed by atoms with E-state index in [9.17, 15) is 27.6 Å². The second kappa shape index (κ2) is 14.3. The zero-order valence-corrected chi connectivity index (χ0v) is 28.6. The van der Waals surface area contributed by atoms with Crippen molar-refractivity contribution in [1.29, 1.82) is 0 Å². The van der Waals surface area contributed by atoms with Crippen LogP contribution in [-0.2, 0) is 43.0 Å². The molecular formula is C32H35N5O10S2. The molecule has 17 heteroatoms. The number of benzene rings is 2. The Morgan fingerprint density at radius 3 is 2.20 bits per heavy atom. The van der Waals surface area contributed by atoms with Crippen LogP contribution in [0.2, 0.25) is 0 Å². The van der Waals surface area contributed by atoms with Crippen molar-refractivity contribution in [2.75, 3.05) is 18.2 Å². The lowest BCUT2D eigenvalue weighted by atomic mass is 9.99. The summed E-state index contributed by atoms with van der Waals surface area (Å²) in [6.45, 7) is 4.66. The van der Waals surface area contributed by atoms with Gasteiger partial charge in [-0.3, -0.25) is 19.1 Å². The molecule has 260 valence electrons. The minimum Gasteiger partial charge on any atom is -0.450 e. The van der Waals surface area contributed by atoms with E-state index in [2.05, 4.69) is 26.1 Å². The maximum absolute atomic E-state index is 13.6. The Morgan fingerprint density at radius 2 is 1.67 bits per heavy atom. The number of rotatable bonds is 13. The van der Waals surface area contributed by atoms with Gasteiger partial charge in [-0.15, -0.1) is 11.3 Å². The summed E-state index contributed by atoms with van der Waals surface area (Å²) < 4.78 is 38.9. The Balaban J connectivity index is 1.37. The largest absolute Gasteiger partial charge is 0.450 e. The summed E-state index contributed by atoms with van der Waals surface area (Å²) in [6, 6.07) is 16.3. The normalized spacial score (nSPS) is 18.5. The number of carbonyl (C=O) groups is 4. The molecule has 15 nitrogen and oxygen atoms in total. The smallest absolute Gasteiger partial charge is 0.413 e. The van der Waals surface area contributed by atoms with Crippen molar-refractivity contribution in [2.45, 2.75) is 63.0 Å². The average molecular weight is 714 g/mol. The summed E-state index contributed by atoms with van der Waals surface area (Å²) in [4.78, 5) is 61.8. The van der Waals surface area contributed by atoms with Crippen molar-refractivity contribution in [2.24, 2.45) is 5.16 Å². The van der Waals surface area contributed by atoms with Crippen LogP contribution >= 0.6 is 11.3 Å². The first-order valence-corrected chi connectivity index (χ1v) is 17.8. The lowest BCUT2D eigenvalue weighted by Gasteiger charge is -2.36. The second-order valence-corrected chi connectivity index (χ2v) is 14.9. The molecule has 2 heterocycles. The molecule has 1 saturated carbocycles. The summed E-state index contributed by atoms with van der Waals surface area (Å²) in [5.41, 5.74) is -1.27. The van der Waals surface area contributed by atoms with Crippen LogP contribution in [0.1, 0.15) is 56.5 Å². The molecule has 0 radical (unpaired) electrons. The molecule has 1 saturated heterocycles. The first-order chi connectivity index (χ1) is 23.1. The van der Waals surface area contributed by atoms with E-state index in [1.807, 2.05) is 60.7 Å². The lowest BCUT2D eigenvalue weighted by Crippen LogP contribution is -2.71. The first-order valence-electron chi connectivity index (χ1n) is 15.1. The van der Waals surface area contributed by atoms with Gasteiger partial charge in [-0.05, 0) is 31.9 Å². The molecule has 1 aliphatic carbocycles. The van der Waals surface area contributed by atoms with Crippen LogP contribution in [0.4, 0.5) is 9.93 Å². The van der Waals surface area contributed by atoms with Crippen LogP contribution in [0, 0.1) is 0 Å². The zero-order valence-electron chi connectivity index (χ0n) is 27.0. The number of esters is 1. The molecule has 2 atom stereocenters. The molecule has 0 unspecified atom stereocenters. The van der Waals surface area contributed by atoms with E-state index in [0.29, 0.717) is 0 Å². The van der Waals surface area contributed by atoms with Crippen molar-refractivity contribution in [3.8, 4) is 0 Å². The highest BCUT2D eigenvalue weighted by atomic mass is 32.2. The fourth-order valence-corrected chi connectivity index (χ4v) is 5.64. The number of anilines is 1. The van der Waals surface area contributed by atoms with Crippen LogP contribution in [-0.4, -0.2) is 79.1 Å². The Bertz CT molecular complexity index is 1800. The van der Waals surface area contributed by atoms with E-state index in [1.54, 1.807) is 20.8 Å². The molecule has 2 aliphatic rings. The van der Waals surface area contributed by atoms with Gasteiger partial charge in [0.25, 0.3) is 16.0 Å². The maximum atomic E-state index is 13.6. The van der Waals surface area contributed by atoms with Crippen molar-refractivity contribution >= 4 is 56.2 Å². The second-order valence-electron chi connectivity index (χ2n) is 12.4. The number of carbonyl (C=O) groups excluding carboxylic acids is 4. The number of β-lactam (4-membered cyclic amide) rings is 1. The number of nitrogens with one attached hydrogen (secondary N) is 3. The predicted octanol–water partition coefficient (Wildman–Crippen LogP) is 3.04. The number of oxime groups is 1. The van der Waals surface area contributed by atoms with Crippen molar-refractivity contribution < 1.29 is 46.1 Å². The topological polar surface area (TPSA) is 201 Å². The molecule has 1 aromatic heterocycles. The molecule has 2 fully saturated rings. The van der Waals surface area contributed by atoms with Crippen LogP contribution in [0.25, 0.3) is 0 Å². The van der Waals surface area contributed by atoms with Gasteiger partial charge < -0.3 is 24.9 Å². The third-order valence-corrected chi connectivity index (χ3v) is 8.47. The zero-order chi connectivity index (χ0) is 35.4. The van der Waals surface area contributed by atoms with E-state index in [1.165, 1.54) is 5.38 Å². The molecule has 5 rings (SSSR count). The van der Waals surface area contributed by atoms with Gasteiger partial charge in [0.05, 0.1) is 18.9 Å². The van der Waals surface area contributed by atoms with Gasteiger partial charge >= 0.3 is 12.1 Å². The molecule has 3 amide bonds. The van der Waals surface area contributed by atoms with Gasteiger partial charge in [-0.25, -0.2) is 14.6 Å². The van der Waals surface area contributed by atoms with E-state index in [-0.39, 0.29) is 23.7 Å². The van der Waals surface area contributed by atoms with Crippen molar-refractivity contribution in [3.05, 3.63) is 82.9 Å². The first kappa shape index (κ1) is 35.4. The number of nitrogens with zero attached hydrogens (tertiary/aromatic N) is 2. The van der Waals surface area contributed by atoms with Gasteiger partial charge in [-0.2, -0.15) is 8.42 Å². The molecule has 3 N–H and O–H groups in total. The SMILES string of the molecule is CC(C)(C)OC(=O)Nc1nc(C(=NOC2(C(=O)OC(c3ccccc3)c3ccccc3)CC2)C(=O)N[C@@H]2C(=O)N[C@@H]2COS(C)(=O)=O)cs1. The number of hydrogen-bond acceptors (Lipinski definition) is 13. The summed E-state index contributed by atoms with van der Waals surface area (Å²) in [5, 5.41) is 13.0. The third kappa shape index (κ3) is 9.39. The quantitative estimate of drug-likeness (QED) is 0.0773. The van der Waals surface area contributed by atoms with Gasteiger partial charge in [0.2, 0.25) is 11.5 Å². The van der Waals surface area contributed by atoms with Crippen LogP contribution in [0.15, 0.2) is 71.2 Å². The van der Waals surface area contributed by atoms with Gasteiger partial charge in [-0.1, -0.05) is 65.8 Å². The van der Waals surface area contributed by atoms with Gasteiger partial charge in [0.1, 0.15) is 17.3 Å². The number of amides is 3. The van der Waals surface area contributed by atoms with Crippen LogP contribution in [0.3, 0.4) is 0 Å². The van der Waals surface area contributed by atoms with E-state index >= 15 is 0 Å². The number of hydrogen-bond donors (Lipinski definition) is 3. The Morgan fingerprint density at radius 1 is 1.06 bits per heavy atom. The van der Waals surface area contributed by atoms with Crippen molar-refractivity contribution in [1.82, 2.24) is 15.6 Å². The van der Waals surface area contributed by atoms with E-state index in [4.69, 9.17) is 18.5 Å². The fourth-order valence-electron chi connectivity index (χ4n) is 4.57. The van der Waals surface area contributed by atoms with Gasteiger partial charge in [0.15, 0.2) is 16.9 Å². The summed E-state index contributed by atoms with van der Waals surface area (Å²) >= 11 is 0.962. The summed E-state index contributed by atoms with van der Waals surface area (Å²) in [6.07, 6.45) is -0.170. The minimum absolute atomic E-state index is 0.0483. The summed E-state index contributed by atoms with van der Waals surface area (Å²) in [7, 11) is -3.82. The molecule has 2 aromatic carbocycles. The fraction of sp³-hybridized carbons (Fsp3) is 0.375. The highest BCUT2D eigenvalue weighted by Crippen LogP contribution is 2.43. The predicted molar refractivity (Wildman–Crippen MR) is 177 cm³/mol. The highest BCUT2D eigenvalue weighted by Gasteiger charge is 2.56. The molecule has 49 heavy (non-hydrogen) atoms. The van der Waals surface area contributed by atoms with E-state index < -0.39 is 75.7 Å². The third-order valence-electron chi connectivity index (χ3n) is 7.15. The molecular weight excluding hydrogens is 679 g/mol. The Kier molecular flexibility index (Phi) is 10.4. The molecule has 0 spiro atoms. The highest BCUT2D eigenvalue weighted by molar-refractivity contribution is 7.85. The molecule has 0 bridgehead atoms. The standard InChI is InChI=1S/C32H35N5O10S2/c1-31(2,3)46-30(41)36-29-34-22(18-48-29)24(27(39)35-23-21(33-26(23)38)17-44-49(4,42)43)37-47-32(15-16-32)28(40)45-25(19-11-7-5-8-12-19)20-13-9-6-10-14-20/h5-14,18,21,23,25H,15-17H2,1-4H3,(H,33,38)(H,35,39)(H,34,36,41)/t21-,23+/m1/s1. The van der Waals surface area contributed by atoms with E-state index in [0.717, 1.165) is 28.7 Å². The van der Waals surface area contributed by atoms with Gasteiger partial charge in [0, 0.05) is 18.2 Å². The molecule has 3 aromatic rings. The maximum Gasteiger partial charge on any atom is 0.413 e. The molecule has 1 aliphatic heterocycles.